The summed E-state index contributed by atoms with van der Waals surface area (Å²) in [6.45, 7) is 1.87. The molecule has 21 heavy (non-hydrogen) atoms. The highest BCUT2D eigenvalue weighted by atomic mass is 16.5. The molecule has 0 aromatic heterocycles. The largest absolute Gasteiger partial charge is 0.497 e. The Morgan fingerprint density at radius 3 is 2.67 bits per heavy atom. The average Bonchev–Trinajstić information content (AvgIpc) is 2.51. The van der Waals surface area contributed by atoms with E-state index in [1.807, 2.05) is 13.0 Å². The molecule has 0 fully saturated rings. The van der Waals surface area contributed by atoms with Gasteiger partial charge < -0.3 is 9.47 Å². The van der Waals surface area contributed by atoms with Crippen molar-refractivity contribution in [2.24, 2.45) is 0 Å². The van der Waals surface area contributed by atoms with Crippen LogP contribution in [0.3, 0.4) is 0 Å². The molecule has 0 aliphatic carbocycles. The van der Waals surface area contributed by atoms with Gasteiger partial charge in [0.25, 0.3) is 0 Å². The van der Waals surface area contributed by atoms with Gasteiger partial charge in [-0.25, -0.2) is 0 Å². The second kappa shape index (κ2) is 5.05. The lowest BCUT2D eigenvalue weighted by Gasteiger charge is -2.24. The third kappa shape index (κ3) is 2.29. The minimum Gasteiger partial charge on any atom is -0.497 e. The first-order valence-corrected chi connectivity index (χ1v) is 6.60. The van der Waals surface area contributed by atoms with Gasteiger partial charge in [-0.2, -0.15) is 0 Å². The molecule has 106 valence electrons. The van der Waals surface area contributed by atoms with E-state index in [0.717, 1.165) is 5.56 Å². The predicted octanol–water partition coefficient (Wildman–Crippen LogP) is 2.89. The van der Waals surface area contributed by atoms with Crippen molar-refractivity contribution in [3.63, 3.8) is 0 Å². The lowest BCUT2D eigenvalue weighted by molar-refractivity contribution is -0.122. The molecule has 2 aromatic carbocycles. The first-order valence-electron chi connectivity index (χ1n) is 6.60. The van der Waals surface area contributed by atoms with Gasteiger partial charge in [-0.05, 0) is 31.2 Å². The van der Waals surface area contributed by atoms with Crippen LogP contribution < -0.4 is 9.47 Å². The molecule has 1 heterocycles. The number of ketones is 2. The molecule has 1 aliphatic heterocycles. The van der Waals surface area contributed by atoms with Crippen LogP contribution in [0, 0.1) is 6.92 Å². The monoisotopic (exact) mass is 282 g/mol. The van der Waals surface area contributed by atoms with E-state index in [0.29, 0.717) is 22.6 Å². The van der Waals surface area contributed by atoms with Gasteiger partial charge in [0, 0.05) is 5.56 Å². The third-order valence-electron chi connectivity index (χ3n) is 3.48. The standard InChI is InChI=1S/C17H14O4/c1-10-6-7-14-13(8-10)15(18)16(19)17(21-14)11-4-3-5-12(9-11)20-2/h3-9,17H,1-2H3. The summed E-state index contributed by atoms with van der Waals surface area (Å²) in [4.78, 5) is 24.5. The van der Waals surface area contributed by atoms with E-state index in [4.69, 9.17) is 9.47 Å². The number of Topliss-reactive ketones (excluding diaryl/α,β-unsaturated/α-hetero) is 2. The molecule has 2 aromatic rings. The van der Waals surface area contributed by atoms with Crippen molar-refractivity contribution in [2.75, 3.05) is 7.11 Å². The first kappa shape index (κ1) is 13.4. The Morgan fingerprint density at radius 1 is 1.10 bits per heavy atom. The van der Waals surface area contributed by atoms with Crippen molar-refractivity contribution in [3.8, 4) is 11.5 Å². The fraction of sp³-hybridized carbons (Fsp3) is 0.176. The molecule has 0 radical (unpaired) electrons. The van der Waals surface area contributed by atoms with Crippen LogP contribution in [-0.2, 0) is 4.79 Å². The van der Waals surface area contributed by atoms with Crippen LogP contribution in [0.5, 0.6) is 11.5 Å². The SMILES string of the molecule is COc1cccc(C2Oc3ccc(C)cc3C(=O)C2=O)c1. The number of hydrogen-bond donors (Lipinski definition) is 0. The topological polar surface area (TPSA) is 52.6 Å². The Hall–Kier alpha value is -2.62. The number of benzene rings is 2. The Kier molecular flexibility index (Phi) is 3.22. The summed E-state index contributed by atoms with van der Waals surface area (Å²) in [5.41, 5.74) is 1.86. The predicted molar refractivity (Wildman–Crippen MR) is 76.9 cm³/mol. The van der Waals surface area contributed by atoms with E-state index in [1.165, 1.54) is 0 Å². The zero-order valence-electron chi connectivity index (χ0n) is 11.8. The zero-order chi connectivity index (χ0) is 15.0. The van der Waals surface area contributed by atoms with Crippen molar-refractivity contribution in [1.82, 2.24) is 0 Å². The molecule has 0 spiro atoms. The molecule has 1 aliphatic rings. The molecule has 0 N–H and O–H groups in total. The highest BCUT2D eigenvalue weighted by molar-refractivity contribution is 6.46. The maximum Gasteiger partial charge on any atom is 0.248 e. The zero-order valence-corrected chi connectivity index (χ0v) is 11.8. The first-order chi connectivity index (χ1) is 10.1. The number of carbonyl (C=O) groups is 2. The van der Waals surface area contributed by atoms with Crippen molar-refractivity contribution < 1.29 is 19.1 Å². The van der Waals surface area contributed by atoms with E-state index in [-0.39, 0.29) is 0 Å². The minimum atomic E-state index is -0.914. The summed E-state index contributed by atoms with van der Waals surface area (Å²) in [5.74, 6) is -0.00167. The lowest BCUT2D eigenvalue weighted by atomic mass is 9.94. The van der Waals surface area contributed by atoms with Crippen LogP contribution in [-0.4, -0.2) is 18.7 Å². The summed E-state index contributed by atoms with van der Waals surface area (Å²) in [6.07, 6.45) is -0.914. The second-order valence-electron chi connectivity index (χ2n) is 4.97. The van der Waals surface area contributed by atoms with Gasteiger partial charge in [0.15, 0.2) is 6.10 Å². The Morgan fingerprint density at radius 2 is 1.90 bits per heavy atom. The molecular formula is C17H14O4. The Bertz CT molecular complexity index is 733. The van der Waals surface area contributed by atoms with Gasteiger partial charge in [0.1, 0.15) is 11.5 Å². The van der Waals surface area contributed by atoms with E-state index in [2.05, 4.69) is 0 Å². The van der Waals surface area contributed by atoms with Crippen molar-refractivity contribution in [3.05, 3.63) is 59.2 Å². The quantitative estimate of drug-likeness (QED) is 0.795. The molecule has 4 nitrogen and oxygen atoms in total. The van der Waals surface area contributed by atoms with Gasteiger partial charge in [0.05, 0.1) is 12.7 Å². The molecule has 1 atom stereocenters. The maximum absolute atomic E-state index is 12.3. The van der Waals surface area contributed by atoms with Gasteiger partial charge >= 0.3 is 0 Å². The summed E-state index contributed by atoms with van der Waals surface area (Å²) in [5, 5.41) is 0. The molecular weight excluding hydrogens is 268 g/mol. The van der Waals surface area contributed by atoms with Crippen LogP contribution in [0.4, 0.5) is 0 Å². The Balaban J connectivity index is 2.04. The summed E-state index contributed by atoms with van der Waals surface area (Å²) >= 11 is 0. The molecule has 3 rings (SSSR count). The molecule has 0 bridgehead atoms. The van der Waals surface area contributed by atoms with E-state index in [1.54, 1.807) is 43.5 Å². The summed E-state index contributed by atoms with van der Waals surface area (Å²) < 4.78 is 10.9. The van der Waals surface area contributed by atoms with Gasteiger partial charge in [-0.3, -0.25) is 9.59 Å². The summed E-state index contributed by atoms with van der Waals surface area (Å²) in [7, 11) is 1.55. The minimum absolute atomic E-state index is 0.333. The second-order valence-corrected chi connectivity index (χ2v) is 4.97. The highest BCUT2D eigenvalue weighted by Crippen LogP contribution is 2.34. The number of carbonyl (C=O) groups excluding carboxylic acids is 2. The average molecular weight is 282 g/mol. The normalized spacial score (nSPS) is 17.1. The van der Waals surface area contributed by atoms with Gasteiger partial charge in [-0.15, -0.1) is 0 Å². The summed E-state index contributed by atoms with van der Waals surface area (Å²) in [6, 6.07) is 12.2. The van der Waals surface area contributed by atoms with Crippen LogP contribution in [0.25, 0.3) is 0 Å². The van der Waals surface area contributed by atoms with Gasteiger partial charge in [-0.1, -0.05) is 23.8 Å². The molecule has 1 unspecified atom stereocenters. The third-order valence-corrected chi connectivity index (χ3v) is 3.48. The van der Waals surface area contributed by atoms with Crippen LogP contribution in [0.15, 0.2) is 42.5 Å². The Labute approximate surface area is 122 Å². The van der Waals surface area contributed by atoms with E-state index >= 15 is 0 Å². The molecule has 0 amide bonds. The maximum atomic E-state index is 12.3. The fourth-order valence-corrected chi connectivity index (χ4v) is 2.38. The molecule has 0 saturated heterocycles. The number of rotatable bonds is 2. The number of hydrogen-bond acceptors (Lipinski definition) is 4. The van der Waals surface area contributed by atoms with Crippen LogP contribution in [0.1, 0.15) is 27.6 Å². The fourth-order valence-electron chi connectivity index (χ4n) is 2.38. The van der Waals surface area contributed by atoms with Gasteiger partial charge in [0.2, 0.25) is 11.6 Å². The lowest BCUT2D eigenvalue weighted by Crippen LogP contribution is -2.31. The van der Waals surface area contributed by atoms with Crippen LogP contribution in [0.2, 0.25) is 0 Å². The van der Waals surface area contributed by atoms with Crippen molar-refractivity contribution >= 4 is 11.6 Å². The van der Waals surface area contributed by atoms with Crippen LogP contribution >= 0.6 is 0 Å². The van der Waals surface area contributed by atoms with Crippen molar-refractivity contribution in [2.45, 2.75) is 13.0 Å². The number of fused-ring (bicyclic) bond motifs is 1. The molecule has 0 saturated carbocycles. The number of methoxy groups -OCH3 is 1. The van der Waals surface area contributed by atoms with E-state index in [9.17, 15) is 9.59 Å². The number of aryl methyl sites for hydroxylation is 1. The number of ether oxygens (including phenoxy) is 2. The van der Waals surface area contributed by atoms with Crippen molar-refractivity contribution in [1.29, 1.82) is 0 Å². The van der Waals surface area contributed by atoms with E-state index < -0.39 is 17.7 Å². The highest BCUT2D eigenvalue weighted by Gasteiger charge is 2.36. The molecule has 4 heteroatoms. The smallest absolute Gasteiger partial charge is 0.248 e.